The monoisotopic (exact) mass is 534 g/mol. The molecular formula is C9H17I3N2. The second-order valence-corrected chi connectivity index (χ2v) is 27.8. The van der Waals surface area contributed by atoms with Crippen molar-refractivity contribution in [3.8, 4) is 0 Å². The summed E-state index contributed by atoms with van der Waals surface area (Å²) >= 11 is 4.52. The van der Waals surface area contributed by atoms with Crippen LogP contribution < -0.4 is 0 Å². The molecule has 0 spiro atoms. The summed E-state index contributed by atoms with van der Waals surface area (Å²) in [4.78, 5) is 4.79. The summed E-state index contributed by atoms with van der Waals surface area (Å²) in [7, 11) is 6.57. The fraction of sp³-hybridized carbons (Fsp3) is 0.778. The van der Waals surface area contributed by atoms with E-state index in [4.69, 9.17) is 0 Å². The van der Waals surface area contributed by atoms with E-state index in [9.17, 15) is 0 Å². The van der Waals surface area contributed by atoms with Gasteiger partial charge in [0, 0.05) is 0 Å². The first-order valence-electron chi connectivity index (χ1n) is 4.57. The van der Waals surface area contributed by atoms with Gasteiger partial charge in [0.05, 0.1) is 0 Å². The van der Waals surface area contributed by atoms with Crippen molar-refractivity contribution in [3.63, 3.8) is 0 Å². The normalized spacial score (nSPS) is 25.1. The molecule has 1 rings (SSSR count). The molecule has 0 fully saturated rings. The molecule has 0 amide bonds. The van der Waals surface area contributed by atoms with Crippen LogP contribution in [0.4, 0.5) is 0 Å². The van der Waals surface area contributed by atoms with Crippen molar-refractivity contribution in [1.29, 1.82) is 0 Å². The molecule has 0 aliphatic carbocycles. The summed E-state index contributed by atoms with van der Waals surface area (Å²) in [5, 5.41) is 0. The van der Waals surface area contributed by atoms with E-state index in [0.29, 0.717) is 0 Å². The first kappa shape index (κ1) is 13.9. The van der Waals surface area contributed by atoms with Crippen LogP contribution in [0.25, 0.3) is 0 Å². The molecule has 0 aromatic heterocycles. The molecule has 0 saturated heterocycles. The summed E-state index contributed by atoms with van der Waals surface area (Å²) < 4.78 is 1.73. The van der Waals surface area contributed by atoms with Crippen LogP contribution in [0.1, 0.15) is 6.42 Å². The number of nitrogens with zero attached hydrogens (tertiary/aromatic N) is 2. The third-order valence-corrected chi connectivity index (χ3v) is 11.2. The van der Waals surface area contributed by atoms with E-state index in [0.717, 1.165) is 6.04 Å². The van der Waals surface area contributed by atoms with Crippen LogP contribution in [0.2, 0.25) is 0 Å². The van der Waals surface area contributed by atoms with E-state index in [1.54, 1.807) is 3.58 Å². The maximum absolute atomic E-state index is 2.64. The van der Waals surface area contributed by atoms with Crippen LogP contribution in [-0.2, 0) is 0 Å². The van der Waals surface area contributed by atoms with E-state index in [1.165, 1.54) is 19.5 Å². The van der Waals surface area contributed by atoms with Gasteiger partial charge in [-0.25, -0.2) is 0 Å². The average Bonchev–Trinajstić information content (AvgIpc) is 2.07. The van der Waals surface area contributed by atoms with Crippen LogP contribution in [0.15, 0.2) is 9.66 Å². The molecule has 1 aliphatic rings. The molecule has 14 heavy (non-hydrogen) atoms. The fourth-order valence-electron chi connectivity index (χ4n) is 1.61. The van der Waals surface area contributed by atoms with Crippen LogP contribution in [0.3, 0.4) is 0 Å². The molecule has 2 nitrogen and oxygen atoms in total. The Balaban J connectivity index is 2.53. The molecule has 0 aromatic carbocycles. The molecule has 84 valence electrons. The fourth-order valence-corrected chi connectivity index (χ4v) is 6.96. The van der Waals surface area contributed by atoms with Crippen molar-refractivity contribution in [2.24, 2.45) is 0 Å². The molecular weight excluding hydrogens is 517 g/mol. The molecule has 0 N–H and O–H groups in total. The number of hydrogen-bond donors (Lipinski definition) is 0. The number of rotatable bonds is 3. The third-order valence-electron chi connectivity index (χ3n) is 2.39. The molecule has 5 heteroatoms. The van der Waals surface area contributed by atoms with E-state index in [2.05, 4.69) is 74.3 Å². The van der Waals surface area contributed by atoms with Gasteiger partial charge in [-0.2, -0.15) is 0 Å². The van der Waals surface area contributed by atoms with Crippen LogP contribution >= 0.6 is 49.1 Å². The summed E-state index contributed by atoms with van der Waals surface area (Å²) in [5.41, 5.74) is 0. The van der Waals surface area contributed by atoms with Gasteiger partial charge in [-0.05, 0) is 0 Å². The predicted molar refractivity (Wildman–Crippen MR) is 89.7 cm³/mol. The Morgan fingerprint density at radius 3 is 2.64 bits per heavy atom. The summed E-state index contributed by atoms with van der Waals surface area (Å²) in [6.07, 6.45) is 3.74. The van der Waals surface area contributed by atoms with Gasteiger partial charge < -0.3 is 0 Å². The average molecular weight is 534 g/mol. The molecule has 0 aromatic rings. The van der Waals surface area contributed by atoms with Crippen molar-refractivity contribution in [3.05, 3.63) is 9.66 Å². The standard InChI is InChI=1S/C9H17I3N2/c1-13(2)7-9-5-4-8(12(10)11)6-14(9)3/h4,9H,5-7H2,1-3H3/t9-/m1/s1. The zero-order valence-electron chi connectivity index (χ0n) is 8.80. The van der Waals surface area contributed by atoms with Gasteiger partial charge in [-0.3, -0.25) is 0 Å². The molecule has 1 atom stereocenters. The second kappa shape index (κ2) is 6.55. The number of halogens is 3. The molecule has 1 heterocycles. The Kier molecular flexibility index (Phi) is 6.51. The van der Waals surface area contributed by atoms with Gasteiger partial charge in [-0.15, -0.1) is 0 Å². The maximum atomic E-state index is 2.64. The molecule has 0 bridgehead atoms. The molecule has 0 saturated carbocycles. The predicted octanol–water partition coefficient (Wildman–Crippen LogP) is 3.34. The SMILES string of the molecule is CN(C)C[C@H]1CC=C(I(I)I)CN1C. The first-order valence-corrected chi connectivity index (χ1v) is 18.2. The van der Waals surface area contributed by atoms with Gasteiger partial charge in [0.1, 0.15) is 0 Å². The van der Waals surface area contributed by atoms with Crippen molar-refractivity contribution in [2.75, 3.05) is 34.2 Å². The zero-order valence-corrected chi connectivity index (χ0v) is 15.3. The summed E-state index contributed by atoms with van der Waals surface area (Å²) in [6.45, 7) is 2.38. The van der Waals surface area contributed by atoms with Crippen molar-refractivity contribution >= 4 is 49.1 Å². The number of hydrogen-bond acceptors (Lipinski definition) is 2. The van der Waals surface area contributed by atoms with Crippen LogP contribution in [0, 0.1) is 0 Å². The van der Waals surface area contributed by atoms with Gasteiger partial charge in [0.15, 0.2) is 0 Å². The van der Waals surface area contributed by atoms with Gasteiger partial charge >= 0.3 is 115 Å². The Labute approximate surface area is 114 Å². The summed E-state index contributed by atoms with van der Waals surface area (Å²) in [6, 6.07) is 0.720. The van der Waals surface area contributed by atoms with Crippen LogP contribution in [-0.4, -0.2) is 50.1 Å². The summed E-state index contributed by atoms with van der Waals surface area (Å²) in [5.74, 6) is 0. The van der Waals surface area contributed by atoms with Crippen molar-refractivity contribution < 1.29 is 0 Å². The van der Waals surface area contributed by atoms with E-state index < -0.39 is 11.9 Å². The Morgan fingerprint density at radius 2 is 2.21 bits per heavy atom. The Morgan fingerprint density at radius 1 is 1.57 bits per heavy atom. The molecule has 0 radical (unpaired) electrons. The second-order valence-electron chi connectivity index (χ2n) is 3.91. The van der Waals surface area contributed by atoms with E-state index in [1.807, 2.05) is 0 Å². The van der Waals surface area contributed by atoms with Crippen molar-refractivity contribution in [2.45, 2.75) is 12.5 Å². The number of likely N-dealkylation sites (N-methyl/N-ethyl adjacent to an activating group) is 2. The van der Waals surface area contributed by atoms with Crippen LogP contribution in [0.5, 0.6) is 0 Å². The first-order chi connectivity index (χ1) is 6.50. The van der Waals surface area contributed by atoms with Crippen molar-refractivity contribution in [1.82, 2.24) is 9.80 Å². The molecule has 1 aliphatic heterocycles. The minimum absolute atomic E-state index is 0.720. The van der Waals surface area contributed by atoms with Gasteiger partial charge in [0.25, 0.3) is 0 Å². The molecule has 0 unspecified atom stereocenters. The van der Waals surface area contributed by atoms with E-state index >= 15 is 0 Å². The minimum atomic E-state index is -0.768. The third kappa shape index (κ3) is 4.38. The Hall–Kier alpha value is 1.85. The quantitative estimate of drug-likeness (QED) is 0.514. The topological polar surface area (TPSA) is 6.48 Å². The van der Waals surface area contributed by atoms with Gasteiger partial charge in [-0.1, -0.05) is 0 Å². The van der Waals surface area contributed by atoms with Gasteiger partial charge in [0.2, 0.25) is 0 Å². The Bertz CT molecular complexity index is 216. The zero-order chi connectivity index (χ0) is 10.7. The van der Waals surface area contributed by atoms with E-state index in [-0.39, 0.29) is 0 Å².